The highest BCUT2D eigenvalue weighted by molar-refractivity contribution is 5.77. The molecule has 4 heterocycles. The van der Waals surface area contributed by atoms with Crippen molar-refractivity contribution in [2.24, 2.45) is 5.92 Å². The van der Waals surface area contributed by atoms with E-state index in [0.717, 1.165) is 35.7 Å². The van der Waals surface area contributed by atoms with Crippen LogP contribution in [0, 0.1) is 12.8 Å². The van der Waals surface area contributed by atoms with Crippen LogP contribution in [0.3, 0.4) is 0 Å². The summed E-state index contributed by atoms with van der Waals surface area (Å²) in [6.07, 6.45) is 4.68. The fourth-order valence-electron chi connectivity index (χ4n) is 3.74. The van der Waals surface area contributed by atoms with Crippen molar-refractivity contribution in [3.63, 3.8) is 0 Å². The molecule has 20 heavy (non-hydrogen) atoms. The van der Waals surface area contributed by atoms with Crippen molar-refractivity contribution < 1.29 is 0 Å². The standard InChI is InChI=1S/C15H21N5/c1-10-13-5-11(6-17-15(13)19-18-10)9-20-4-2-3-12-7-16-8-14(12)20/h5-6,12,14,16H,2-4,7-9H2,1H3,(H,17,18,19)/t12-,14+/m0/s1. The summed E-state index contributed by atoms with van der Waals surface area (Å²) in [5.41, 5.74) is 3.23. The molecule has 0 aliphatic carbocycles. The van der Waals surface area contributed by atoms with E-state index in [1.54, 1.807) is 0 Å². The summed E-state index contributed by atoms with van der Waals surface area (Å²) in [7, 11) is 0. The Labute approximate surface area is 118 Å². The second kappa shape index (κ2) is 4.82. The first-order valence-electron chi connectivity index (χ1n) is 7.55. The van der Waals surface area contributed by atoms with Gasteiger partial charge in [0.05, 0.1) is 0 Å². The highest BCUT2D eigenvalue weighted by Crippen LogP contribution is 2.28. The molecule has 4 rings (SSSR count). The van der Waals surface area contributed by atoms with Crippen molar-refractivity contribution >= 4 is 11.0 Å². The lowest BCUT2D eigenvalue weighted by Crippen LogP contribution is -2.44. The first-order valence-corrected chi connectivity index (χ1v) is 7.55. The van der Waals surface area contributed by atoms with Crippen molar-refractivity contribution in [2.75, 3.05) is 19.6 Å². The number of rotatable bonds is 2. The number of aryl methyl sites for hydroxylation is 1. The van der Waals surface area contributed by atoms with Gasteiger partial charge in [0.1, 0.15) is 0 Å². The van der Waals surface area contributed by atoms with E-state index in [1.807, 2.05) is 6.20 Å². The molecule has 0 aromatic carbocycles. The number of aromatic nitrogens is 3. The van der Waals surface area contributed by atoms with Crippen LogP contribution in [0.15, 0.2) is 12.3 Å². The van der Waals surface area contributed by atoms with Crippen LogP contribution in [0.25, 0.3) is 11.0 Å². The molecule has 2 atom stereocenters. The summed E-state index contributed by atoms with van der Waals surface area (Å²) in [6.45, 7) is 6.62. The van der Waals surface area contributed by atoms with Crippen LogP contribution >= 0.6 is 0 Å². The SMILES string of the molecule is Cc1[nH]nc2ncc(CN3CCC[C@H]4CNC[C@H]43)cc12. The monoisotopic (exact) mass is 271 g/mol. The van der Waals surface area contributed by atoms with Gasteiger partial charge in [-0.3, -0.25) is 10.00 Å². The molecule has 5 heteroatoms. The van der Waals surface area contributed by atoms with Crippen molar-refractivity contribution in [3.05, 3.63) is 23.5 Å². The van der Waals surface area contributed by atoms with Crippen molar-refractivity contribution in [1.82, 2.24) is 25.4 Å². The van der Waals surface area contributed by atoms with Gasteiger partial charge in [-0.15, -0.1) is 0 Å². The molecular weight excluding hydrogens is 250 g/mol. The predicted molar refractivity (Wildman–Crippen MR) is 78.4 cm³/mol. The van der Waals surface area contributed by atoms with Crippen molar-refractivity contribution in [2.45, 2.75) is 32.4 Å². The minimum atomic E-state index is 0.713. The van der Waals surface area contributed by atoms with Gasteiger partial charge in [0, 0.05) is 36.4 Å². The molecule has 0 bridgehead atoms. The van der Waals surface area contributed by atoms with E-state index in [2.05, 4.69) is 38.4 Å². The summed E-state index contributed by atoms with van der Waals surface area (Å²) < 4.78 is 0. The Hall–Kier alpha value is -1.46. The van der Waals surface area contributed by atoms with E-state index >= 15 is 0 Å². The fraction of sp³-hybridized carbons (Fsp3) is 0.600. The molecule has 2 saturated heterocycles. The maximum Gasteiger partial charge on any atom is 0.181 e. The Morgan fingerprint density at radius 1 is 1.40 bits per heavy atom. The van der Waals surface area contributed by atoms with Gasteiger partial charge in [0.25, 0.3) is 0 Å². The Bertz CT molecular complexity index is 620. The third-order valence-electron chi connectivity index (χ3n) is 4.84. The lowest BCUT2D eigenvalue weighted by Gasteiger charge is -2.37. The number of aromatic amines is 1. The van der Waals surface area contributed by atoms with Gasteiger partial charge in [-0.05, 0) is 50.4 Å². The zero-order valence-electron chi connectivity index (χ0n) is 11.9. The van der Waals surface area contributed by atoms with E-state index < -0.39 is 0 Å². The van der Waals surface area contributed by atoms with Crippen LogP contribution in [0.2, 0.25) is 0 Å². The molecule has 0 saturated carbocycles. The number of piperidine rings is 1. The van der Waals surface area contributed by atoms with Gasteiger partial charge in [-0.2, -0.15) is 5.10 Å². The van der Waals surface area contributed by atoms with Gasteiger partial charge >= 0.3 is 0 Å². The molecular formula is C15H21N5. The number of pyridine rings is 1. The van der Waals surface area contributed by atoms with E-state index in [-0.39, 0.29) is 0 Å². The lowest BCUT2D eigenvalue weighted by molar-refractivity contribution is 0.117. The van der Waals surface area contributed by atoms with E-state index in [4.69, 9.17) is 0 Å². The molecule has 2 aromatic heterocycles. The molecule has 2 aromatic rings. The van der Waals surface area contributed by atoms with Crippen LogP contribution < -0.4 is 5.32 Å². The Kier molecular flexibility index (Phi) is 2.97. The number of nitrogens with zero attached hydrogens (tertiary/aromatic N) is 3. The Morgan fingerprint density at radius 2 is 2.35 bits per heavy atom. The molecule has 2 N–H and O–H groups in total. The average molecular weight is 271 g/mol. The minimum Gasteiger partial charge on any atom is -0.315 e. The first kappa shape index (κ1) is 12.3. The highest BCUT2D eigenvalue weighted by Gasteiger charge is 2.34. The number of hydrogen-bond acceptors (Lipinski definition) is 4. The maximum absolute atomic E-state index is 4.47. The zero-order chi connectivity index (χ0) is 13.5. The summed E-state index contributed by atoms with van der Waals surface area (Å²) in [5, 5.41) is 11.9. The van der Waals surface area contributed by atoms with Gasteiger partial charge in [-0.25, -0.2) is 4.98 Å². The molecule has 0 radical (unpaired) electrons. The molecule has 106 valence electrons. The predicted octanol–water partition coefficient (Wildman–Crippen LogP) is 1.45. The maximum atomic E-state index is 4.47. The summed E-state index contributed by atoms with van der Waals surface area (Å²) in [5.74, 6) is 0.844. The summed E-state index contributed by atoms with van der Waals surface area (Å²) in [6, 6.07) is 2.96. The molecule has 2 aliphatic heterocycles. The van der Waals surface area contributed by atoms with Crippen LogP contribution in [-0.2, 0) is 6.54 Å². The average Bonchev–Trinajstić information content (AvgIpc) is 3.07. The fourth-order valence-corrected chi connectivity index (χ4v) is 3.74. The zero-order valence-corrected chi connectivity index (χ0v) is 11.9. The smallest absolute Gasteiger partial charge is 0.181 e. The van der Waals surface area contributed by atoms with Gasteiger partial charge in [0.15, 0.2) is 5.65 Å². The molecule has 0 amide bonds. The largest absolute Gasteiger partial charge is 0.315 e. The number of H-pyrrole nitrogens is 1. The highest BCUT2D eigenvalue weighted by atomic mass is 15.2. The lowest BCUT2D eigenvalue weighted by atomic mass is 9.92. The molecule has 0 unspecified atom stereocenters. The van der Waals surface area contributed by atoms with E-state index in [9.17, 15) is 0 Å². The molecule has 2 aliphatic rings. The molecule has 5 nitrogen and oxygen atoms in total. The van der Waals surface area contributed by atoms with Gasteiger partial charge in [-0.1, -0.05) is 0 Å². The van der Waals surface area contributed by atoms with Crippen LogP contribution in [-0.4, -0.2) is 45.8 Å². The number of fused-ring (bicyclic) bond motifs is 2. The Balaban J connectivity index is 1.58. The third kappa shape index (κ3) is 2.01. The second-order valence-electron chi connectivity index (χ2n) is 6.16. The second-order valence-corrected chi connectivity index (χ2v) is 6.16. The normalized spacial score (nSPS) is 27.1. The number of nitrogens with one attached hydrogen (secondary N) is 2. The van der Waals surface area contributed by atoms with Crippen LogP contribution in [0.1, 0.15) is 24.1 Å². The van der Waals surface area contributed by atoms with E-state index in [1.165, 1.54) is 31.5 Å². The van der Waals surface area contributed by atoms with Crippen LogP contribution in [0.4, 0.5) is 0 Å². The minimum absolute atomic E-state index is 0.713. The van der Waals surface area contributed by atoms with Crippen molar-refractivity contribution in [3.8, 4) is 0 Å². The Morgan fingerprint density at radius 3 is 3.30 bits per heavy atom. The number of likely N-dealkylation sites (tertiary alicyclic amines) is 1. The van der Waals surface area contributed by atoms with Crippen LogP contribution in [0.5, 0.6) is 0 Å². The first-order chi connectivity index (χ1) is 9.81. The quantitative estimate of drug-likeness (QED) is 0.868. The van der Waals surface area contributed by atoms with Crippen molar-refractivity contribution in [1.29, 1.82) is 0 Å². The van der Waals surface area contributed by atoms with Gasteiger partial charge in [0.2, 0.25) is 0 Å². The summed E-state index contributed by atoms with van der Waals surface area (Å²) in [4.78, 5) is 7.10. The van der Waals surface area contributed by atoms with E-state index in [0.29, 0.717) is 6.04 Å². The molecule has 2 fully saturated rings. The van der Waals surface area contributed by atoms with Gasteiger partial charge < -0.3 is 5.32 Å². The number of hydrogen-bond donors (Lipinski definition) is 2. The topological polar surface area (TPSA) is 56.8 Å². The third-order valence-corrected chi connectivity index (χ3v) is 4.84. The summed E-state index contributed by atoms with van der Waals surface area (Å²) >= 11 is 0. The molecule has 0 spiro atoms.